The summed E-state index contributed by atoms with van der Waals surface area (Å²) in [6.45, 7) is 4.40. The second-order valence-corrected chi connectivity index (χ2v) is 5.02. The highest BCUT2D eigenvalue weighted by atomic mass is 19.1. The maximum atomic E-state index is 13.7. The first-order valence-corrected chi connectivity index (χ1v) is 6.94. The predicted octanol–water partition coefficient (Wildman–Crippen LogP) is 3.91. The standard InChI is InChI=1S/C17H19F2NO/c1-3-21-17-7-4-11(2)8-14(17)16(20)9-12-5-6-13(18)10-15(12)19/h4-8,10,16H,3,9,20H2,1-2H3. The quantitative estimate of drug-likeness (QED) is 0.906. The van der Waals surface area contributed by atoms with Crippen molar-refractivity contribution in [1.82, 2.24) is 0 Å². The highest BCUT2D eigenvalue weighted by Gasteiger charge is 2.15. The van der Waals surface area contributed by atoms with Gasteiger partial charge in [0.05, 0.1) is 6.61 Å². The van der Waals surface area contributed by atoms with Crippen molar-refractivity contribution in [3.05, 3.63) is 64.7 Å². The van der Waals surface area contributed by atoms with Gasteiger partial charge in [-0.05, 0) is 38.0 Å². The van der Waals surface area contributed by atoms with E-state index in [4.69, 9.17) is 10.5 Å². The summed E-state index contributed by atoms with van der Waals surface area (Å²) in [5.41, 5.74) is 8.48. The number of nitrogens with two attached hydrogens (primary N) is 1. The van der Waals surface area contributed by atoms with Crippen LogP contribution in [0, 0.1) is 18.6 Å². The fourth-order valence-electron chi connectivity index (χ4n) is 2.28. The lowest BCUT2D eigenvalue weighted by Gasteiger charge is -2.18. The SMILES string of the molecule is CCOc1ccc(C)cc1C(N)Cc1ccc(F)cc1F. The van der Waals surface area contributed by atoms with Crippen LogP contribution < -0.4 is 10.5 Å². The van der Waals surface area contributed by atoms with Crippen LogP contribution in [0.15, 0.2) is 36.4 Å². The molecule has 0 amide bonds. The number of hydrogen-bond acceptors (Lipinski definition) is 2. The Hall–Kier alpha value is -1.94. The van der Waals surface area contributed by atoms with Crippen molar-refractivity contribution in [2.45, 2.75) is 26.3 Å². The van der Waals surface area contributed by atoms with E-state index in [1.165, 1.54) is 12.1 Å². The summed E-state index contributed by atoms with van der Waals surface area (Å²) in [5, 5.41) is 0. The van der Waals surface area contributed by atoms with Crippen LogP contribution in [0.25, 0.3) is 0 Å². The van der Waals surface area contributed by atoms with E-state index in [1.54, 1.807) is 0 Å². The molecule has 0 aliphatic carbocycles. The summed E-state index contributed by atoms with van der Waals surface area (Å²) in [6, 6.07) is 8.89. The molecule has 0 saturated carbocycles. The molecule has 21 heavy (non-hydrogen) atoms. The first kappa shape index (κ1) is 15.4. The summed E-state index contributed by atoms with van der Waals surface area (Å²) in [4.78, 5) is 0. The molecule has 0 bridgehead atoms. The third kappa shape index (κ3) is 3.79. The minimum Gasteiger partial charge on any atom is -0.494 e. The summed E-state index contributed by atoms with van der Waals surface area (Å²) in [5.74, 6) is -0.454. The minimum absolute atomic E-state index is 0.287. The van der Waals surface area contributed by atoms with Crippen LogP contribution in [0.2, 0.25) is 0 Å². The van der Waals surface area contributed by atoms with Gasteiger partial charge in [-0.1, -0.05) is 23.8 Å². The lowest BCUT2D eigenvalue weighted by molar-refractivity contribution is 0.334. The van der Waals surface area contributed by atoms with Crippen LogP contribution in [0.5, 0.6) is 5.75 Å². The van der Waals surface area contributed by atoms with E-state index in [2.05, 4.69) is 0 Å². The summed E-state index contributed by atoms with van der Waals surface area (Å²) in [6.07, 6.45) is 0.287. The molecule has 2 N–H and O–H groups in total. The van der Waals surface area contributed by atoms with Gasteiger partial charge in [0.1, 0.15) is 17.4 Å². The summed E-state index contributed by atoms with van der Waals surface area (Å²) >= 11 is 0. The molecule has 2 aromatic carbocycles. The van der Waals surface area contributed by atoms with Gasteiger partial charge < -0.3 is 10.5 Å². The molecule has 2 rings (SSSR count). The van der Waals surface area contributed by atoms with E-state index in [0.717, 1.165) is 17.2 Å². The van der Waals surface area contributed by atoms with Crippen molar-refractivity contribution in [2.24, 2.45) is 5.73 Å². The Bertz CT molecular complexity index is 628. The summed E-state index contributed by atoms with van der Waals surface area (Å²) < 4.78 is 32.2. The van der Waals surface area contributed by atoms with Gasteiger partial charge in [0.15, 0.2) is 0 Å². The van der Waals surface area contributed by atoms with Gasteiger partial charge in [0.2, 0.25) is 0 Å². The number of ether oxygens (including phenoxy) is 1. The van der Waals surface area contributed by atoms with Crippen LogP contribution in [0.3, 0.4) is 0 Å². The van der Waals surface area contributed by atoms with Crippen molar-refractivity contribution in [3.8, 4) is 5.75 Å². The lowest BCUT2D eigenvalue weighted by atomic mass is 9.97. The minimum atomic E-state index is -0.588. The molecule has 1 atom stereocenters. The topological polar surface area (TPSA) is 35.2 Å². The van der Waals surface area contributed by atoms with E-state index in [9.17, 15) is 8.78 Å². The van der Waals surface area contributed by atoms with E-state index in [1.807, 2.05) is 32.0 Å². The Kier molecular flexibility index (Phi) is 4.91. The van der Waals surface area contributed by atoms with Gasteiger partial charge in [-0.3, -0.25) is 0 Å². The molecule has 112 valence electrons. The number of aryl methyl sites for hydroxylation is 1. The average Bonchev–Trinajstić information content (AvgIpc) is 2.44. The lowest BCUT2D eigenvalue weighted by Crippen LogP contribution is -2.16. The molecule has 0 radical (unpaired) electrons. The fourth-order valence-corrected chi connectivity index (χ4v) is 2.28. The van der Waals surface area contributed by atoms with E-state index < -0.39 is 17.7 Å². The maximum Gasteiger partial charge on any atom is 0.129 e. The third-order valence-corrected chi connectivity index (χ3v) is 3.32. The number of rotatable bonds is 5. The van der Waals surface area contributed by atoms with Gasteiger partial charge >= 0.3 is 0 Å². The zero-order valence-corrected chi connectivity index (χ0v) is 12.2. The highest BCUT2D eigenvalue weighted by molar-refractivity contribution is 5.40. The molecule has 0 saturated heterocycles. The van der Waals surface area contributed by atoms with Crippen molar-refractivity contribution in [1.29, 1.82) is 0 Å². The Morgan fingerprint density at radius 1 is 1.14 bits per heavy atom. The van der Waals surface area contributed by atoms with Crippen LogP contribution in [-0.4, -0.2) is 6.61 Å². The normalized spacial score (nSPS) is 12.2. The van der Waals surface area contributed by atoms with E-state index >= 15 is 0 Å². The molecule has 0 aliphatic rings. The zero-order chi connectivity index (χ0) is 15.4. The summed E-state index contributed by atoms with van der Waals surface area (Å²) in [7, 11) is 0. The van der Waals surface area contributed by atoms with Crippen LogP contribution in [-0.2, 0) is 6.42 Å². The highest BCUT2D eigenvalue weighted by Crippen LogP contribution is 2.28. The van der Waals surface area contributed by atoms with E-state index in [0.29, 0.717) is 17.9 Å². The molecule has 2 nitrogen and oxygen atoms in total. The van der Waals surface area contributed by atoms with Gasteiger partial charge in [-0.2, -0.15) is 0 Å². The van der Waals surface area contributed by atoms with Crippen LogP contribution in [0.1, 0.15) is 29.7 Å². The third-order valence-electron chi connectivity index (χ3n) is 3.32. The molecule has 1 unspecified atom stereocenters. The molecular formula is C17H19F2NO. The zero-order valence-electron chi connectivity index (χ0n) is 12.2. The van der Waals surface area contributed by atoms with Gasteiger partial charge in [-0.25, -0.2) is 8.78 Å². The van der Waals surface area contributed by atoms with Crippen LogP contribution in [0.4, 0.5) is 8.78 Å². The van der Waals surface area contributed by atoms with Gasteiger partial charge in [0, 0.05) is 17.7 Å². The van der Waals surface area contributed by atoms with Gasteiger partial charge in [-0.15, -0.1) is 0 Å². The van der Waals surface area contributed by atoms with Crippen molar-refractivity contribution >= 4 is 0 Å². The second-order valence-electron chi connectivity index (χ2n) is 5.02. The largest absolute Gasteiger partial charge is 0.494 e. The van der Waals surface area contributed by atoms with Gasteiger partial charge in [0.25, 0.3) is 0 Å². The molecular weight excluding hydrogens is 272 g/mol. The predicted molar refractivity (Wildman–Crippen MR) is 79.3 cm³/mol. The number of hydrogen-bond donors (Lipinski definition) is 1. The van der Waals surface area contributed by atoms with Crippen LogP contribution >= 0.6 is 0 Å². The van der Waals surface area contributed by atoms with Crippen molar-refractivity contribution in [3.63, 3.8) is 0 Å². The monoisotopic (exact) mass is 291 g/mol. The van der Waals surface area contributed by atoms with E-state index in [-0.39, 0.29) is 6.42 Å². The van der Waals surface area contributed by atoms with Crippen molar-refractivity contribution in [2.75, 3.05) is 6.61 Å². The Morgan fingerprint density at radius 3 is 2.57 bits per heavy atom. The molecule has 2 aromatic rings. The molecule has 0 aromatic heterocycles. The number of halogens is 2. The molecule has 0 aliphatic heterocycles. The first-order chi connectivity index (χ1) is 10.0. The maximum absolute atomic E-state index is 13.7. The van der Waals surface area contributed by atoms with Crippen molar-refractivity contribution < 1.29 is 13.5 Å². The Morgan fingerprint density at radius 2 is 1.90 bits per heavy atom. The average molecular weight is 291 g/mol. The molecule has 4 heteroatoms. The Balaban J connectivity index is 2.27. The molecule has 0 fully saturated rings. The Labute approximate surface area is 123 Å². The smallest absolute Gasteiger partial charge is 0.129 e. The molecule has 0 heterocycles. The molecule has 0 spiro atoms. The first-order valence-electron chi connectivity index (χ1n) is 6.94. The number of benzene rings is 2. The fraction of sp³-hybridized carbons (Fsp3) is 0.294. The second kappa shape index (κ2) is 6.68.